The predicted molar refractivity (Wildman–Crippen MR) is 224 cm³/mol. The van der Waals surface area contributed by atoms with Crippen LogP contribution in [0.25, 0.3) is 11.3 Å². The standard InChI is InChI=1S/C44H66ClN5O10/c1-13-33-44(9)37(50(42(55)60-44)17-15-14-16-49-22-31(47-23-49)30-18-24(2)39(45)46-21-30)27(5)34(51)25(3)20-43(8,56-12)38(28(6)35(52)29(7)40(54)58-33)59-41-36(53)32(48(10)11)19-26(4)57-41/h18,21-23,25-29,32-33,36-38,41,53H,13-17,19-20H2,1-12H3/t25-,26-,27+,28+,29-,32+,33-,36-,37-,38?,41?,43+,44-/m1/s1. The van der Waals surface area contributed by atoms with E-state index in [1.807, 2.05) is 63.5 Å². The normalized spacial score (nSPS) is 35.9. The summed E-state index contributed by atoms with van der Waals surface area (Å²) >= 11 is 6.12. The zero-order chi connectivity index (χ0) is 44.4. The van der Waals surface area contributed by atoms with E-state index in [-0.39, 0.29) is 37.3 Å². The molecule has 16 heteroatoms. The van der Waals surface area contributed by atoms with Gasteiger partial charge in [-0.2, -0.15) is 0 Å². The van der Waals surface area contributed by atoms with E-state index < -0.39 is 83.4 Å². The van der Waals surface area contributed by atoms with Crippen molar-refractivity contribution in [3.8, 4) is 11.3 Å². The molecule has 0 spiro atoms. The first-order valence-electron chi connectivity index (χ1n) is 21.3. The number of likely N-dealkylation sites (N-methyl/N-ethyl adjacent to an activating group) is 1. The van der Waals surface area contributed by atoms with Gasteiger partial charge in [0.25, 0.3) is 0 Å². The number of methoxy groups -OCH3 is 1. The third-order valence-corrected chi connectivity index (χ3v) is 13.6. The van der Waals surface area contributed by atoms with Gasteiger partial charge in [0.2, 0.25) is 0 Å². The third-order valence-electron chi connectivity index (χ3n) is 13.2. The summed E-state index contributed by atoms with van der Waals surface area (Å²) in [7, 11) is 5.23. The molecule has 3 aliphatic heterocycles. The van der Waals surface area contributed by atoms with Gasteiger partial charge in [-0.05, 0) is 92.4 Å². The van der Waals surface area contributed by atoms with Gasteiger partial charge >= 0.3 is 12.1 Å². The molecule has 334 valence electrons. The molecule has 3 aliphatic rings. The van der Waals surface area contributed by atoms with Crippen LogP contribution in [0.2, 0.25) is 5.15 Å². The van der Waals surface area contributed by atoms with Gasteiger partial charge in [-0.1, -0.05) is 39.3 Å². The number of hydrogen-bond acceptors (Lipinski definition) is 13. The second-order valence-electron chi connectivity index (χ2n) is 17.9. The Labute approximate surface area is 359 Å². The number of esters is 1. The van der Waals surface area contributed by atoms with Crippen LogP contribution >= 0.6 is 11.6 Å². The number of ketones is 2. The Hall–Kier alpha value is -3.47. The zero-order valence-corrected chi connectivity index (χ0v) is 38.1. The number of hydrogen-bond donors (Lipinski definition) is 1. The van der Waals surface area contributed by atoms with Crippen molar-refractivity contribution in [2.24, 2.45) is 23.7 Å². The van der Waals surface area contributed by atoms with E-state index in [1.54, 1.807) is 45.1 Å². The molecular formula is C44H66ClN5O10. The third kappa shape index (κ3) is 9.76. The molecule has 0 bridgehead atoms. The fourth-order valence-corrected chi connectivity index (χ4v) is 9.72. The number of cyclic esters (lactones) is 1. The topological polar surface area (TPSA) is 172 Å². The monoisotopic (exact) mass is 859 g/mol. The number of fused-ring (bicyclic) bond motifs is 1. The highest BCUT2D eigenvalue weighted by Gasteiger charge is 2.60. The highest BCUT2D eigenvalue weighted by Crippen LogP contribution is 2.43. The number of unbranched alkanes of at least 4 members (excludes halogenated alkanes) is 1. The van der Waals surface area contributed by atoms with Crippen LogP contribution in [0, 0.1) is 30.6 Å². The number of imidazole rings is 1. The molecule has 1 amide bonds. The molecule has 60 heavy (non-hydrogen) atoms. The minimum absolute atomic E-state index is 0.122. The molecule has 5 rings (SSSR count). The Morgan fingerprint density at radius 2 is 1.70 bits per heavy atom. The first-order valence-corrected chi connectivity index (χ1v) is 21.7. The maximum absolute atomic E-state index is 14.7. The molecule has 3 saturated heterocycles. The number of ether oxygens (including phenoxy) is 5. The first-order chi connectivity index (χ1) is 28.2. The van der Waals surface area contributed by atoms with Gasteiger partial charge in [0.1, 0.15) is 29.1 Å². The van der Waals surface area contributed by atoms with Crippen LogP contribution < -0.4 is 0 Å². The fraction of sp³-hybridized carbons (Fsp3) is 0.727. The van der Waals surface area contributed by atoms with Crippen molar-refractivity contribution in [2.75, 3.05) is 27.7 Å². The summed E-state index contributed by atoms with van der Waals surface area (Å²) in [4.78, 5) is 69.2. The Kier molecular flexibility index (Phi) is 15.3. The molecular weight excluding hydrogens is 794 g/mol. The summed E-state index contributed by atoms with van der Waals surface area (Å²) in [6.45, 7) is 16.8. The van der Waals surface area contributed by atoms with Crippen LogP contribution in [0.5, 0.6) is 0 Å². The van der Waals surface area contributed by atoms with E-state index in [1.165, 1.54) is 14.0 Å². The molecule has 15 nitrogen and oxygen atoms in total. The molecule has 1 N–H and O–H groups in total. The molecule has 0 aliphatic carbocycles. The number of nitrogens with zero attached hydrogens (tertiary/aromatic N) is 5. The molecule has 13 atom stereocenters. The van der Waals surface area contributed by atoms with E-state index in [0.29, 0.717) is 31.0 Å². The quantitative estimate of drug-likeness (QED) is 0.123. The van der Waals surface area contributed by atoms with Crippen molar-refractivity contribution >= 4 is 35.2 Å². The zero-order valence-electron chi connectivity index (χ0n) is 37.3. The lowest BCUT2D eigenvalue weighted by Gasteiger charge is -2.47. The highest BCUT2D eigenvalue weighted by atomic mass is 35.5. The van der Waals surface area contributed by atoms with E-state index in [0.717, 1.165) is 16.8 Å². The fourth-order valence-electron chi connectivity index (χ4n) is 9.62. The minimum atomic E-state index is -1.41. The number of aliphatic hydroxyl groups is 1. The maximum atomic E-state index is 14.7. The number of rotatable bonds is 11. The summed E-state index contributed by atoms with van der Waals surface area (Å²) in [5, 5.41) is 11.9. The number of aromatic nitrogens is 3. The first kappa shape index (κ1) is 47.6. The Bertz CT molecular complexity index is 1860. The summed E-state index contributed by atoms with van der Waals surface area (Å²) in [5.41, 5.74) is -0.210. The Morgan fingerprint density at radius 1 is 1.02 bits per heavy atom. The molecule has 2 aromatic heterocycles. The minimum Gasteiger partial charge on any atom is -0.458 e. The number of carbonyl (C=O) groups excluding carboxylic acids is 4. The average Bonchev–Trinajstić information content (AvgIpc) is 3.78. The Morgan fingerprint density at radius 3 is 2.33 bits per heavy atom. The lowest BCUT2D eigenvalue weighted by molar-refractivity contribution is -0.295. The van der Waals surface area contributed by atoms with Crippen LogP contribution in [-0.2, 0) is 44.6 Å². The van der Waals surface area contributed by atoms with Crippen molar-refractivity contribution in [3.63, 3.8) is 0 Å². The van der Waals surface area contributed by atoms with E-state index in [9.17, 15) is 24.3 Å². The van der Waals surface area contributed by atoms with Crippen LogP contribution in [0.3, 0.4) is 0 Å². The molecule has 0 saturated carbocycles. The Balaban J connectivity index is 1.42. The second-order valence-corrected chi connectivity index (χ2v) is 18.3. The highest BCUT2D eigenvalue weighted by molar-refractivity contribution is 6.30. The number of Topliss-reactive ketones (excluding diaryl/α,β-unsaturated/α-hetero) is 2. The largest absolute Gasteiger partial charge is 0.458 e. The van der Waals surface area contributed by atoms with Gasteiger partial charge in [-0.15, -0.1) is 0 Å². The number of halogens is 1. The number of pyridine rings is 1. The summed E-state index contributed by atoms with van der Waals surface area (Å²) < 4.78 is 33.2. The molecule has 0 radical (unpaired) electrons. The van der Waals surface area contributed by atoms with Crippen molar-refractivity contribution in [3.05, 3.63) is 35.5 Å². The van der Waals surface area contributed by atoms with Gasteiger partial charge in [-0.25, -0.2) is 14.8 Å². The van der Waals surface area contributed by atoms with Gasteiger partial charge in [0.05, 0.1) is 35.9 Å². The van der Waals surface area contributed by atoms with Gasteiger partial charge in [-0.3, -0.25) is 14.4 Å². The van der Waals surface area contributed by atoms with Crippen LogP contribution in [-0.4, -0.2) is 135 Å². The van der Waals surface area contributed by atoms with Crippen molar-refractivity contribution in [2.45, 2.75) is 155 Å². The van der Waals surface area contributed by atoms with E-state index in [4.69, 9.17) is 35.3 Å². The molecule has 0 aromatic carbocycles. The molecule has 3 fully saturated rings. The molecule has 5 heterocycles. The van der Waals surface area contributed by atoms with Crippen LogP contribution in [0.4, 0.5) is 4.79 Å². The van der Waals surface area contributed by atoms with E-state index in [2.05, 4.69) is 9.97 Å². The van der Waals surface area contributed by atoms with Gasteiger partial charge < -0.3 is 43.2 Å². The summed E-state index contributed by atoms with van der Waals surface area (Å²) in [6.07, 6.45) is 2.52. The predicted octanol–water partition coefficient (Wildman–Crippen LogP) is 5.89. The average molecular weight is 860 g/mol. The van der Waals surface area contributed by atoms with E-state index >= 15 is 0 Å². The SMILES string of the molecule is CC[C@H]1OC(=O)[C@H](C)C(=O)[C@H](C)C(OC2O[C@H](C)C[C@H](N(C)C)[C@H]2O)[C@@](C)(OC)C[C@@H](C)C(=O)[C@H](C)[C@H]2N(CCCCn3cnc(-c4cnc(Cl)c(C)c4)c3)C(=O)O[C@]12C. The molecule has 2 unspecified atom stereocenters. The molecule has 2 aromatic rings. The number of amides is 1. The summed E-state index contributed by atoms with van der Waals surface area (Å²) in [6, 6.07) is 0.850. The van der Waals surface area contributed by atoms with Crippen molar-refractivity contribution < 1.29 is 48.0 Å². The number of aryl methyl sites for hydroxylation is 2. The van der Waals surface area contributed by atoms with Gasteiger partial charge in [0, 0.05) is 62.0 Å². The number of carbonyl (C=O) groups is 4. The lowest BCUT2D eigenvalue weighted by Crippen LogP contribution is -2.60. The summed E-state index contributed by atoms with van der Waals surface area (Å²) in [5.74, 6) is -5.00. The second kappa shape index (κ2) is 19.3. The van der Waals surface area contributed by atoms with Crippen molar-refractivity contribution in [1.29, 1.82) is 0 Å². The lowest BCUT2D eigenvalue weighted by atomic mass is 9.73. The van der Waals surface area contributed by atoms with Crippen LogP contribution in [0.1, 0.15) is 93.1 Å². The van der Waals surface area contributed by atoms with Crippen molar-refractivity contribution in [1.82, 2.24) is 24.3 Å². The van der Waals surface area contributed by atoms with Crippen LogP contribution in [0.15, 0.2) is 24.8 Å². The smallest absolute Gasteiger partial charge is 0.410 e. The van der Waals surface area contributed by atoms with Gasteiger partial charge in [0.15, 0.2) is 17.7 Å². The maximum Gasteiger partial charge on any atom is 0.410 e. The number of aliphatic hydroxyl groups excluding tert-OH is 1.